The van der Waals surface area contributed by atoms with E-state index >= 15 is 0 Å². The lowest BCUT2D eigenvalue weighted by Crippen LogP contribution is -1.91. The molecule has 0 aliphatic rings. The summed E-state index contributed by atoms with van der Waals surface area (Å²) in [7, 11) is 0. The first-order chi connectivity index (χ1) is 26.2. The quantitative estimate of drug-likeness (QED) is 0.166. The molecule has 3 aromatic heterocycles. The van der Waals surface area contributed by atoms with Gasteiger partial charge in [0.2, 0.25) is 0 Å². The molecule has 0 fully saturated rings. The van der Waals surface area contributed by atoms with Crippen LogP contribution in [-0.4, -0.2) is 0 Å². The van der Waals surface area contributed by atoms with Crippen LogP contribution in [0.3, 0.4) is 0 Å². The van der Waals surface area contributed by atoms with Crippen molar-refractivity contribution in [1.29, 1.82) is 0 Å². The van der Waals surface area contributed by atoms with Crippen molar-refractivity contribution in [2.24, 2.45) is 0 Å². The van der Waals surface area contributed by atoms with Crippen molar-refractivity contribution < 1.29 is 4.42 Å². The van der Waals surface area contributed by atoms with Crippen molar-refractivity contribution in [2.75, 3.05) is 0 Å². The molecule has 250 valence electrons. The average Bonchev–Trinajstić information content (AvgIpc) is 3.93. The molecule has 11 aromatic rings. The number of benzene rings is 8. The summed E-state index contributed by atoms with van der Waals surface area (Å²) in [6.45, 7) is 4.45. The Balaban J connectivity index is 1.23. The first-order valence-corrected chi connectivity index (χ1v) is 19.9. The number of hydrogen-bond acceptors (Lipinski definition) is 3. The van der Waals surface area contributed by atoms with Crippen molar-refractivity contribution in [3.05, 3.63) is 166 Å². The second kappa shape index (κ2) is 11.8. The molecule has 0 spiro atoms. The number of thiophene rings is 2. The Labute approximate surface area is 315 Å². The smallest absolute Gasteiger partial charge is 0.136 e. The fraction of sp³-hybridized carbons (Fsp3) is 0.0400. The highest BCUT2D eigenvalue weighted by Gasteiger charge is 2.23. The topological polar surface area (TPSA) is 13.1 Å². The van der Waals surface area contributed by atoms with Crippen molar-refractivity contribution in [1.82, 2.24) is 0 Å². The monoisotopic (exact) mass is 712 g/mol. The van der Waals surface area contributed by atoms with E-state index in [1.807, 2.05) is 0 Å². The first kappa shape index (κ1) is 30.6. The van der Waals surface area contributed by atoms with Crippen LogP contribution in [0, 0.1) is 13.8 Å². The summed E-state index contributed by atoms with van der Waals surface area (Å²) in [6.07, 6.45) is 0. The molecule has 0 unspecified atom stereocenters. The summed E-state index contributed by atoms with van der Waals surface area (Å²) in [5.74, 6) is 0. The summed E-state index contributed by atoms with van der Waals surface area (Å²) in [5, 5.41) is 21.5. The fourth-order valence-electron chi connectivity index (χ4n) is 8.86. The molecule has 0 atom stereocenters. The maximum atomic E-state index is 6.69. The lowest BCUT2D eigenvalue weighted by Gasteiger charge is -2.18. The molecule has 0 saturated heterocycles. The summed E-state index contributed by atoms with van der Waals surface area (Å²) in [4.78, 5) is 0. The van der Waals surface area contributed by atoms with E-state index in [-0.39, 0.29) is 0 Å². The van der Waals surface area contributed by atoms with E-state index in [9.17, 15) is 0 Å². The van der Waals surface area contributed by atoms with Crippen LogP contribution in [0.25, 0.3) is 110 Å². The van der Waals surface area contributed by atoms with Crippen molar-refractivity contribution in [3.63, 3.8) is 0 Å². The Hall–Kier alpha value is -6.00. The van der Waals surface area contributed by atoms with Gasteiger partial charge in [0.1, 0.15) is 11.2 Å². The van der Waals surface area contributed by atoms with Gasteiger partial charge in [-0.1, -0.05) is 115 Å². The number of furan rings is 1. The van der Waals surface area contributed by atoms with Crippen LogP contribution in [0.15, 0.2) is 159 Å². The molecule has 1 nitrogen and oxygen atoms in total. The van der Waals surface area contributed by atoms with Crippen LogP contribution >= 0.6 is 22.7 Å². The van der Waals surface area contributed by atoms with Crippen LogP contribution < -0.4 is 0 Å². The zero-order valence-electron chi connectivity index (χ0n) is 29.2. The summed E-state index contributed by atoms with van der Waals surface area (Å²) in [6, 6.07) is 49.1. The van der Waals surface area contributed by atoms with Gasteiger partial charge in [0.05, 0.1) is 0 Å². The number of fused-ring (bicyclic) bond motifs is 7. The normalized spacial score (nSPS) is 12.0. The molecular weight excluding hydrogens is 681 g/mol. The van der Waals surface area contributed by atoms with E-state index in [1.165, 1.54) is 98.7 Å². The van der Waals surface area contributed by atoms with E-state index in [0.717, 1.165) is 21.9 Å². The number of hydrogen-bond donors (Lipinski definition) is 0. The molecule has 3 heteroatoms. The van der Waals surface area contributed by atoms with E-state index in [2.05, 4.69) is 169 Å². The lowest BCUT2D eigenvalue weighted by molar-refractivity contribution is 0.669. The van der Waals surface area contributed by atoms with Gasteiger partial charge in [-0.15, -0.1) is 0 Å². The number of rotatable bonds is 4. The second-order valence-corrected chi connectivity index (χ2v) is 15.6. The molecular formula is C50H32OS2. The van der Waals surface area contributed by atoms with Crippen LogP contribution in [0.4, 0.5) is 0 Å². The van der Waals surface area contributed by atoms with Crippen molar-refractivity contribution in [3.8, 4) is 44.5 Å². The molecule has 53 heavy (non-hydrogen) atoms. The third-order valence-electron chi connectivity index (χ3n) is 11.2. The van der Waals surface area contributed by atoms with Gasteiger partial charge in [-0.3, -0.25) is 0 Å². The van der Waals surface area contributed by atoms with Gasteiger partial charge in [0, 0.05) is 10.8 Å². The minimum Gasteiger partial charge on any atom is -0.456 e. The molecule has 3 heterocycles. The highest BCUT2D eigenvalue weighted by molar-refractivity contribution is 7.08. The molecule has 0 aliphatic heterocycles. The van der Waals surface area contributed by atoms with Crippen LogP contribution in [0.1, 0.15) is 11.1 Å². The third-order valence-corrected chi connectivity index (χ3v) is 12.9. The molecule has 0 aliphatic carbocycles. The Bertz CT molecular complexity index is 3150. The zero-order valence-corrected chi connectivity index (χ0v) is 30.9. The van der Waals surface area contributed by atoms with Crippen LogP contribution in [0.5, 0.6) is 0 Å². The number of aryl methyl sites for hydroxylation is 2. The van der Waals surface area contributed by atoms with Gasteiger partial charge in [-0.25, -0.2) is 0 Å². The van der Waals surface area contributed by atoms with Crippen molar-refractivity contribution in [2.45, 2.75) is 13.8 Å². The van der Waals surface area contributed by atoms with E-state index in [0.29, 0.717) is 0 Å². The van der Waals surface area contributed by atoms with Crippen molar-refractivity contribution >= 4 is 87.7 Å². The molecule has 11 rings (SSSR count). The van der Waals surface area contributed by atoms with Gasteiger partial charge >= 0.3 is 0 Å². The molecule has 8 aromatic carbocycles. The molecule has 0 bridgehead atoms. The molecule has 0 N–H and O–H groups in total. The van der Waals surface area contributed by atoms with Gasteiger partial charge < -0.3 is 4.42 Å². The summed E-state index contributed by atoms with van der Waals surface area (Å²) in [5.41, 5.74) is 14.6. The highest BCUT2D eigenvalue weighted by Crippen LogP contribution is 2.49. The Morgan fingerprint density at radius 1 is 0.358 bits per heavy atom. The van der Waals surface area contributed by atoms with E-state index in [4.69, 9.17) is 4.42 Å². The van der Waals surface area contributed by atoms with E-state index in [1.54, 1.807) is 22.7 Å². The minimum absolute atomic E-state index is 0.898. The first-order valence-electron chi connectivity index (χ1n) is 18.0. The second-order valence-electron chi connectivity index (χ2n) is 14.1. The maximum Gasteiger partial charge on any atom is 0.136 e. The SMILES string of the molecule is Cc1cscc1-c1c2ccccc2c(-c2ccc3oc4cccc(-c5c6ccccc6c(-c6cscc6C)c6ccccc56)c4c3c2)c2ccccc12. The van der Waals surface area contributed by atoms with E-state index < -0.39 is 0 Å². The van der Waals surface area contributed by atoms with Gasteiger partial charge in [0.15, 0.2) is 0 Å². The molecule has 0 saturated carbocycles. The third kappa shape index (κ3) is 4.48. The standard InChI is InChI=1S/C50H32OS2/c1-29-25-52-27-42(29)48-34-14-5-3-12-32(34)46(33-13-4-6-15-35(33)48)31-22-23-44-41(24-31)50-40(20-11-21-45(50)51-44)47-36-16-7-9-18-38(36)49(43-28-53-26-30(43)2)39-19-10-8-17-37(39)47/h3-28H,1-2H3. The highest BCUT2D eigenvalue weighted by atomic mass is 32.1. The fourth-order valence-corrected chi connectivity index (χ4v) is 10.5. The Kier molecular flexibility index (Phi) is 6.79. The Morgan fingerprint density at radius 3 is 1.23 bits per heavy atom. The predicted octanol–water partition coefficient (Wildman–Crippen LogP) is 15.6. The predicted molar refractivity (Wildman–Crippen MR) is 231 cm³/mol. The Morgan fingerprint density at radius 2 is 0.792 bits per heavy atom. The summed E-state index contributed by atoms with van der Waals surface area (Å²) < 4.78 is 6.69. The maximum absolute atomic E-state index is 6.69. The molecule has 0 radical (unpaired) electrons. The zero-order chi connectivity index (χ0) is 35.2. The lowest BCUT2D eigenvalue weighted by atomic mass is 9.84. The molecule has 0 amide bonds. The summed E-state index contributed by atoms with van der Waals surface area (Å²) >= 11 is 3.55. The van der Waals surface area contributed by atoms with Crippen LogP contribution in [0.2, 0.25) is 0 Å². The van der Waals surface area contributed by atoms with Gasteiger partial charge in [-0.05, 0) is 152 Å². The van der Waals surface area contributed by atoms with Crippen LogP contribution in [-0.2, 0) is 0 Å². The minimum atomic E-state index is 0.898. The van der Waals surface area contributed by atoms with Gasteiger partial charge in [-0.2, -0.15) is 22.7 Å². The largest absolute Gasteiger partial charge is 0.456 e. The van der Waals surface area contributed by atoms with Gasteiger partial charge in [0.25, 0.3) is 0 Å². The average molecular weight is 713 g/mol.